The second-order valence-corrected chi connectivity index (χ2v) is 1.87. The first-order chi connectivity index (χ1) is 4.76. The smallest absolute Gasteiger partial charge is 0.296 e. The summed E-state index contributed by atoms with van der Waals surface area (Å²) in [7, 11) is 0. The van der Waals surface area contributed by atoms with Gasteiger partial charge in [-0.1, -0.05) is 19.9 Å². The lowest BCUT2D eigenvalue weighted by atomic mass is 10.2. The topological polar surface area (TPSA) is 46.5 Å². The van der Waals surface area contributed by atoms with Crippen molar-refractivity contribution < 1.29 is 14.9 Å². The molecule has 0 fully saturated rings. The summed E-state index contributed by atoms with van der Waals surface area (Å²) in [6, 6.07) is 0. The van der Waals surface area contributed by atoms with Gasteiger partial charge in [-0.2, -0.15) is 5.26 Å². The maximum absolute atomic E-state index is 10.6. The fraction of sp³-hybridized carbons (Fsp3) is 0.571. The van der Waals surface area contributed by atoms with E-state index in [2.05, 4.69) is 4.89 Å². The molecule has 3 nitrogen and oxygen atoms in total. The van der Waals surface area contributed by atoms with Crippen LogP contribution in [0.15, 0.2) is 11.6 Å². The number of rotatable bonds is 3. The zero-order valence-corrected chi connectivity index (χ0v) is 6.26. The maximum atomic E-state index is 10.6. The van der Waals surface area contributed by atoms with Crippen molar-refractivity contribution in [3.8, 4) is 0 Å². The van der Waals surface area contributed by atoms with E-state index in [0.717, 1.165) is 6.42 Å². The standard InChI is InChI=1S/C7H12O3/c1-3-5-6(4-2)7(8)10-9/h5,9H,3-4H2,1-2H3. The van der Waals surface area contributed by atoms with Gasteiger partial charge in [-0.3, -0.25) is 4.89 Å². The molecule has 0 aliphatic rings. The minimum absolute atomic E-state index is 0.519. The van der Waals surface area contributed by atoms with E-state index in [0.29, 0.717) is 12.0 Å². The molecular weight excluding hydrogens is 132 g/mol. The maximum Gasteiger partial charge on any atom is 0.368 e. The van der Waals surface area contributed by atoms with Crippen LogP contribution in [0.5, 0.6) is 0 Å². The molecule has 0 unspecified atom stereocenters. The molecule has 58 valence electrons. The van der Waals surface area contributed by atoms with Crippen LogP contribution in [0.3, 0.4) is 0 Å². The molecule has 0 aliphatic carbocycles. The lowest BCUT2D eigenvalue weighted by Gasteiger charge is -1.97. The SMILES string of the molecule is CCC=C(CC)C(=O)OO. The summed E-state index contributed by atoms with van der Waals surface area (Å²) in [5.41, 5.74) is 0.519. The van der Waals surface area contributed by atoms with E-state index in [1.54, 1.807) is 6.08 Å². The summed E-state index contributed by atoms with van der Waals surface area (Å²) in [5.74, 6) is -0.649. The number of carbonyl (C=O) groups excluding carboxylic acids is 1. The molecule has 0 rings (SSSR count). The monoisotopic (exact) mass is 144 g/mol. The summed E-state index contributed by atoms with van der Waals surface area (Å²) in [6.07, 6.45) is 3.10. The summed E-state index contributed by atoms with van der Waals surface area (Å²) >= 11 is 0. The highest BCUT2D eigenvalue weighted by molar-refractivity contribution is 5.87. The van der Waals surface area contributed by atoms with Crippen molar-refractivity contribution in [2.75, 3.05) is 0 Å². The van der Waals surface area contributed by atoms with Crippen LogP contribution >= 0.6 is 0 Å². The van der Waals surface area contributed by atoms with Crippen LogP contribution in [0.2, 0.25) is 0 Å². The van der Waals surface area contributed by atoms with Gasteiger partial charge in [0, 0.05) is 5.57 Å². The lowest BCUT2D eigenvalue weighted by molar-refractivity contribution is -0.229. The summed E-state index contributed by atoms with van der Waals surface area (Å²) in [6.45, 7) is 3.75. The van der Waals surface area contributed by atoms with Crippen molar-refractivity contribution in [3.63, 3.8) is 0 Å². The average molecular weight is 144 g/mol. The van der Waals surface area contributed by atoms with E-state index in [9.17, 15) is 4.79 Å². The number of carbonyl (C=O) groups is 1. The summed E-state index contributed by atoms with van der Waals surface area (Å²) in [4.78, 5) is 14.1. The Labute approximate surface area is 60.2 Å². The van der Waals surface area contributed by atoms with E-state index in [1.807, 2.05) is 13.8 Å². The Morgan fingerprint density at radius 3 is 2.50 bits per heavy atom. The fourth-order valence-electron chi connectivity index (χ4n) is 0.677. The molecule has 0 aromatic rings. The van der Waals surface area contributed by atoms with Crippen LogP contribution in [-0.4, -0.2) is 11.2 Å². The highest BCUT2D eigenvalue weighted by Gasteiger charge is 2.06. The Morgan fingerprint density at radius 2 is 2.20 bits per heavy atom. The van der Waals surface area contributed by atoms with Crippen LogP contribution in [0.25, 0.3) is 0 Å². The number of hydrogen-bond acceptors (Lipinski definition) is 3. The molecular formula is C7H12O3. The van der Waals surface area contributed by atoms with Crippen molar-refractivity contribution in [2.45, 2.75) is 26.7 Å². The predicted octanol–water partition coefficient (Wildman–Crippen LogP) is 1.75. The number of hydrogen-bond donors (Lipinski definition) is 1. The molecule has 0 amide bonds. The molecule has 0 radical (unpaired) electrons. The van der Waals surface area contributed by atoms with E-state index in [1.165, 1.54) is 0 Å². The summed E-state index contributed by atoms with van der Waals surface area (Å²) < 4.78 is 0. The Kier molecular flexibility index (Phi) is 4.58. The summed E-state index contributed by atoms with van der Waals surface area (Å²) in [5, 5.41) is 7.97. The molecule has 3 heteroatoms. The van der Waals surface area contributed by atoms with Gasteiger partial charge < -0.3 is 0 Å². The minimum atomic E-state index is -0.649. The molecule has 0 spiro atoms. The van der Waals surface area contributed by atoms with Gasteiger partial charge in [0.05, 0.1) is 0 Å². The Balaban J connectivity index is 4.06. The molecule has 0 heterocycles. The van der Waals surface area contributed by atoms with Gasteiger partial charge in [-0.05, 0) is 12.8 Å². The van der Waals surface area contributed by atoms with Crippen molar-refractivity contribution in [2.24, 2.45) is 0 Å². The molecule has 1 N–H and O–H groups in total. The molecule has 0 atom stereocenters. The lowest BCUT2D eigenvalue weighted by Crippen LogP contribution is -2.03. The van der Waals surface area contributed by atoms with Gasteiger partial charge in [-0.15, -0.1) is 0 Å². The van der Waals surface area contributed by atoms with Gasteiger partial charge in [0.25, 0.3) is 0 Å². The molecule has 0 bridgehead atoms. The second kappa shape index (κ2) is 4.99. The van der Waals surface area contributed by atoms with Crippen molar-refractivity contribution in [1.29, 1.82) is 0 Å². The minimum Gasteiger partial charge on any atom is -0.296 e. The molecule has 0 saturated heterocycles. The third-order valence-corrected chi connectivity index (χ3v) is 1.18. The fourth-order valence-corrected chi connectivity index (χ4v) is 0.677. The quantitative estimate of drug-likeness (QED) is 0.373. The Hall–Kier alpha value is -0.830. The first kappa shape index (κ1) is 9.17. The number of allylic oxidation sites excluding steroid dienone is 1. The second-order valence-electron chi connectivity index (χ2n) is 1.87. The van der Waals surface area contributed by atoms with Crippen molar-refractivity contribution in [1.82, 2.24) is 0 Å². The van der Waals surface area contributed by atoms with Crippen LogP contribution in [0, 0.1) is 0 Å². The van der Waals surface area contributed by atoms with Crippen LogP contribution < -0.4 is 0 Å². The highest BCUT2D eigenvalue weighted by atomic mass is 17.1. The van der Waals surface area contributed by atoms with Gasteiger partial charge in [-0.25, -0.2) is 4.79 Å². The molecule has 0 aromatic heterocycles. The van der Waals surface area contributed by atoms with E-state index < -0.39 is 5.97 Å². The first-order valence-electron chi connectivity index (χ1n) is 3.31. The zero-order valence-electron chi connectivity index (χ0n) is 6.26. The molecule has 10 heavy (non-hydrogen) atoms. The average Bonchev–Trinajstić information content (AvgIpc) is 1.99. The zero-order chi connectivity index (χ0) is 7.98. The van der Waals surface area contributed by atoms with Crippen molar-refractivity contribution >= 4 is 5.97 Å². The van der Waals surface area contributed by atoms with Crippen LogP contribution in [0.4, 0.5) is 0 Å². The van der Waals surface area contributed by atoms with E-state index in [-0.39, 0.29) is 0 Å². The van der Waals surface area contributed by atoms with Gasteiger partial charge in [0.1, 0.15) is 0 Å². The Morgan fingerprint density at radius 1 is 1.60 bits per heavy atom. The van der Waals surface area contributed by atoms with Gasteiger partial charge in [0.15, 0.2) is 0 Å². The van der Waals surface area contributed by atoms with Crippen LogP contribution in [-0.2, 0) is 9.68 Å². The molecule has 0 aromatic carbocycles. The molecule has 0 aliphatic heterocycles. The van der Waals surface area contributed by atoms with Gasteiger partial charge >= 0.3 is 5.97 Å². The Bertz CT molecular complexity index is 138. The largest absolute Gasteiger partial charge is 0.368 e. The first-order valence-corrected chi connectivity index (χ1v) is 3.31. The van der Waals surface area contributed by atoms with Crippen LogP contribution in [0.1, 0.15) is 26.7 Å². The third-order valence-electron chi connectivity index (χ3n) is 1.18. The molecule has 0 saturated carbocycles. The van der Waals surface area contributed by atoms with E-state index in [4.69, 9.17) is 5.26 Å². The predicted molar refractivity (Wildman–Crippen MR) is 37.4 cm³/mol. The van der Waals surface area contributed by atoms with Crippen molar-refractivity contribution in [3.05, 3.63) is 11.6 Å². The third kappa shape index (κ3) is 2.64. The highest BCUT2D eigenvalue weighted by Crippen LogP contribution is 2.03. The normalized spacial score (nSPS) is 11.3. The van der Waals surface area contributed by atoms with Gasteiger partial charge in [0.2, 0.25) is 0 Å². The van der Waals surface area contributed by atoms with E-state index >= 15 is 0 Å².